The van der Waals surface area contributed by atoms with Crippen LogP contribution in [0.1, 0.15) is 6.92 Å². The summed E-state index contributed by atoms with van der Waals surface area (Å²) < 4.78 is 7.21. The van der Waals surface area contributed by atoms with Crippen molar-refractivity contribution in [1.29, 1.82) is 0 Å². The average molecular weight is 333 g/mol. The molecule has 3 nitrogen and oxygen atoms in total. The fourth-order valence-corrected chi connectivity index (χ4v) is 5.81. The number of fused-ring (bicyclic) bond motifs is 1. The van der Waals surface area contributed by atoms with Crippen LogP contribution in [0.5, 0.6) is 0 Å². The number of carbonyl (C=O) groups excluding carboxylic acids is 1. The monoisotopic (exact) mass is 335 g/mol. The Morgan fingerprint density at radius 1 is 1.53 bits per heavy atom. The molecule has 0 atom stereocenters. The minimum atomic E-state index is -0.241. The van der Waals surface area contributed by atoms with Crippen molar-refractivity contribution in [3.05, 3.63) is 24.3 Å². The first-order chi connectivity index (χ1) is 7.29. The Morgan fingerprint density at radius 2 is 2.33 bits per heavy atom. The Labute approximate surface area is 99.7 Å². The molecule has 0 N–H and O–H groups in total. The summed E-state index contributed by atoms with van der Waals surface area (Å²) in [5.41, 5.74) is 1.03. The van der Waals surface area contributed by atoms with Gasteiger partial charge in [0.1, 0.15) is 0 Å². The van der Waals surface area contributed by atoms with Gasteiger partial charge in [-0.25, -0.2) is 0 Å². The molecule has 0 bridgehead atoms. The minimum absolute atomic E-state index is 0.113. The van der Waals surface area contributed by atoms with Crippen LogP contribution in [0.15, 0.2) is 24.3 Å². The van der Waals surface area contributed by atoms with Crippen molar-refractivity contribution in [2.24, 2.45) is 0 Å². The number of carbonyl (C=O) groups is 1. The van der Waals surface area contributed by atoms with Gasteiger partial charge in [0.2, 0.25) is 0 Å². The third-order valence-corrected chi connectivity index (χ3v) is 6.42. The number of hydrogen-bond donors (Lipinski definition) is 0. The van der Waals surface area contributed by atoms with E-state index in [1.807, 2.05) is 25.1 Å². The van der Waals surface area contributed by atoms with Crippen LogP contribution >= 0.6 is 0 Å². The summed E-state index contributed by atoms with van der Waals surface area (Å²) in [7, 11) is 0. The first-order valence-corrected chi connectivity index (χ1v) is 7.92. The Bertz CT molecular complexity index is 448. The van der Waals surface area contributed by atoms with E-state index in [-0.39, 0.29) is 34.3 Å². The molecule has 0 saturated carbocycles. The van der Waals surface area contributed by atoms with Gasteiger partial charge in [-0.2, -0.15) is 0 Å². The quantitative estimate of drug-likeness (QED) is 0.780. The second-order valence-corrected chi connectivity index (χ2v) is 8.14. The molecule has 2 aromatic rings. The van der Waals surface area contributed by atoms with Gasteiger partial charge in [-0.1, -0.05) is 0 Å². The van der Waals surface area contributed by atoms with Crippen molar-refractivity contribution in [3.63, 3.8) is 0 Å². The second kappa shape index (κ2) is 4.95. The summed E-state index contributed by atoms with van der Waals surface area (Å²) in [4.78, 5) is 15.6. The van der Waals surface area contributed by atoms with Crippen LogP contribution in [-0.4, -0.2) is 45.9 Å². The molecule has 0 radical (unpaired) electrons. The van der Waals surface area contributed by atoms with Crippen LogP contribution in [0.3, 0.4) is 0 Å². The number of benzene rings is 1. The number of para-hydroxylation sites is 1. The maximum absolute atomic E-state index is 11.3. The van der Waals surface area contributed by atoms with Gasteiger partial charge in [0.05, 0.1) is 0 Å². The van der Waals surface area contributed by atoms with E-state index in [1.165, 1.54) is 4.26 Å². The zero-order chi connectivity index (χ0) is 10.7. The van der Waals surface area contributed by atoms with Crippen molar-refractivity contribution >= 4 is 47.6 Å². The zero-order valence-corrected chi connectivity index (χ0v) is 11.5. The van der Waals surface area contributed by atoms with Crippen LogP contribution in [0, 0.1) is 0 Å². The summed E-state index contributed by atoms with van der Waals surface area (Å²) in [6.07, 6.45) is 0. The third-order valence-electron chi connectivity index (χ3n) is 1.71. The fourth-order valence-electron chi connectivity index (χ4n) is 1.11. The summed E-state index contributed by atoms with van der Waals surface area (Å²) in [6, 6.07) is 8.05. The number of aromatic nitrogens is 1. The average Bonchev–Trinajstić information content (AvgIpc) is 2.59. The van der Waals surface area contributed by atoms with Crippen molar-refractivity contribution < 1.29 is 9.53 Å². The van der Waals surface area contributed by atoms with Crippen molar-refractivity contribution in [2.75, 3.05) is 6.61 Å². The molecule has 1 aromatic carbocycles. The Morgan fingerprint density at radius 3 is 3.07 bits per heavy atom. The number of hydrogen-bond acceptors (Lipinski definition) is 3. The van der Waals surface area contributed by atoms with Crippen molar-refractivity contribution in [3.8, 4) is 0 Å². The molecule has 0 aliphatic heterocycles. The van der Waals surface area contributed by atoms with Gasteiger partial charge in [0.15, 0.2) is 0 Å². The van der Waals surface area contributed by atoms with Crippen molar-refractivity contribution in [1.82, 2.24) is 4.98 Å². The Balaban J connectivity index is 2.18. The molecule has 0 aliphatic rings. The van der Waals surface area contributed by atoms with Gasteiger partial charge in [-0.15, -0.1) is 0 Å². The molecule has 0 aliphatic carbocycles. The molecule has 15 heavy (non-hydrogen) atoms. The summed E-state index contributed by atoms with van der Waals surface area (Å²) in [5.74, 6) is 0. The van der Waals surface area contributed by atoms with Crippen LogP contribution in [0.25, 0.3) is 9.78 Å². The van der Waals surface area contributed by atoms with Gasteiger partial charge >= 0.3 is 99.9 Å². The van der Waals surface area contributed by atoms with E-state index < -0.39 is 0 Å². The van der Waals surface area contributed by atoms with Crippen LogP contribution in [0.2, 0.25) is 0 Å². The SMILES string of the molecule is CCOC(=O)[Se]c1nc2ccccc2[se]1. The molecule has 0 amide bonds. The molecule has 5 heteroatoms. The predicted octanol–water partition coefficient (Wildman–Crippen LogP) is 0.778. The van der Waals surface area contributed by atoms with Gasteiger partial charge in [-0.3, -0.25) is 0 Å². The van der Waals surface area contributed by atoms with E-state index in [2.05, 4.69) is 11.1 Å². The molecule has 0 fully saturated rings. The molecule has 78 valence electrons. The van der Waals surface area contributed by atoms with Gasteiger partial charge in [-0.05, 0) is 0 Å². The standard InChI is InChI=1S/C10H9NO2Se2/c1-2-13-10(12)15-9-11-7-5-3-4-6-8(7)14-9/h3-6H,2H2,1H3. The number of rotatable bonds is 3. The molecule has 0 unspecified atom stereocenters. The topological polar surface area (TPSA) is 39.2 Å². The molecule has 1 heterocycles. The molecule has 0 saturated heterocycles. The maximum atomic E-state index is 11.3. The first-order valence-electron chi connectivity index (χ1n) is 4.50. The van der Waals surface area contributed by atoms with Crippen LogP contribution in [0.4, 0.5) is 4.79 Å². The van der Waals surface area contributed by atoms with Crippen molar-refractivity contribution in [2.45, 2.75) is 6.92 Å². The number of nitrogens with zero attached hydrogens (tertiary/aromatic N) is 1. The fraction of sp³-hybridized carbons (Fsp3) is 0.200. The first kappa shape index (κ1) is 10.9. The zero-order valence-electron chi connectivity index (χ0n) is 8.10. The molecule has 2 rings (SSSR count). The molecule has 0 spiro atoms. The number of ether oxygens (including phenoxy) is 1. The summed E-state index contributed by atoms with van der Waals surface area (Å²) in [5, 5.41) is 0. The molecular formula is C10H9NO2Se2. The summed E-state index contributed by atoms with van der Waals surface area (Å²) in [6.45, 7) is 2.28. The van der Waals surface area contributed by atoms with Gasteiger partial charge in [0.25, 0.3) is 0 Å². The van der Waals surface area contributed by atoms with E-state index >= 15 is 0 Å². The van der Waals surface area contributed by atoms with E-state index in [4.69, 9.17) is 4.74 Å². The van der Waals surface area contributed by atoms with Gasteiger partial charge < -0.3 is 0 Å². The van der Waals surface area contributed by atoms with Gasteiger partial charge in [0, 0.05) is 0 Å². The van der Waals surface area contributed by atoms with E-state index in [1.54, 1.807) is 0 Å². The predicted molar refractivity (Wildman–Crippen MR) is 61.1 cm³/mol. The van der Waals surface area contributed by atoms with E-state index in [0.717, 1.165) is 8.98 Å². The Kier molecular flexibility index (Phi) is 3.60. The normalized spacial score (nSPS) is 10.5. The molecule has 1 aromatic heterocycles. The summed E-state index contributed by atoms with van der Waals surface area (Å²) >= 11 is -0.0155. The third kappa shape index (κ3) is 2.70. The van der Waals surface area contributed by atoms with E-state index in [9.17, 15) is 4.79 Å². The molecular weight excluding hydrogens is 324 g/mol. The van der Waals surface area contributed by atoms with Crippen LogP contribution < -0.4 is 3.47 Å². The second-order valence-electron chi connectivity index (χ2n) is 2.73. The Hall–Kier alpha value is -0.601. The van der Waals surface area contributed by atoms with E-state index in [0.29, 0.717) is 6.61 Å². The van der Waals surface area contributed by atoms with Crippen LogP contribution in [-0.2, 0) is 4.74 Å².